The number of piperidine rings is 1. The average Bonchev–Trinajstić information content (AvgIpc) is 2.74. The predicted molar refractivity (Wildman–Crippen MR) is 119 cm³/mol. The van der Waals surface area contributed by atoms with E-state index in [4.69, 9.17) is 0 Å². The number of carbonyl (C=O) groups excluding carboxylic acids is 1. The van der Waals surface area contributed by atoms with Crippen LogP contribution in [-0.2, 0) is 14.8 Å². The Morgan fingerprint density at radius 2 is 1.63 bits per heavy atom. The molecule has 1 fully saturated rings. The van der Waals surface area contributed by atoms with Crippen molar-refractivity contribution < 1.29 is 13.2 Å². The third kappa shape index (κ3) is 5.49. The number of sulfonamides is 1. The van der Waals surface area contributed by atoms with Gasteiger partial charge in [-0.05, 0) is 49.8 Å². The zero-order valence-electron chi connectivity index (χ0n) is 18.0. The SMILES string of the molecule is Cc1ccc(S(=O)(=O)N2CCC(C(=O)N[C@H](CC(C)C)c3ccccc3)CC2)cc1. The van der Waals surface area contributed by atoms with E-state index < -0.39 is 10.0 Å². The van der Waals surface area contributed by atoms with E-state index in [-0.39, 0.29) is 17.9 Å². The molecule has 0 aromatic heterocycles. The maximum absolute atomic E-state index is 12.9. The summed E-state index contributed by atoms with van der Waals surface area (Å²) in [5.41, 5.74) is 2.14. The maximum Gasteiger partial charge on any atom is 0.243 e. The summed E-state index contributed by atoms with van der Waals surface area (Å²) < 4.78 is 27.3. The van der Waals surface area contributed by atoms with Crippen LogP contribution in [0.3, 0.4) is 0 Å². The van der Waals surface area contributed by atoms with Crippen LogP contribution in [0, 0.1) is 18.8 Å². The van der Waals surface area contributed by atoms with Gasteiger partial charge in [0.1, 0.15) is 0 Å². The summed E-state index contributed by atoms with van der Waals surface area (Å²) in [6.45, 7) is 6.97. The molecule has 6 heteroatoms. The summed E-state index contributed by atoms with van der Waals surface area (Å²) >= 11 is 0. The molecular formula is C24H32N2O3S. The number of amides is 1. The molecule has 0 radical (unpaired) electrons. The third-order valence-corrected chi connectivity index (χ3v) is 7.62. The molecule has 5 nitrogen and oxygen atoms in total. The van der Waals surface area contributed by atoms with E-state index in [9.17, 15) is 13.2 Å². The molecule has 0 aliphatic carbocycles. The van der Waals surface area contributed by atoms with E-state index in [1.54, 1.807) is 12.1 Å². The number of aryl methyl sites for hydroxylation is 1. The Morgan fingerprint density at radius 1 is 1.03 bits per heavy atom. The molecule has 1 atom stereocenters. The topological polar surface area (TPSA) is 66.5 Å². The fraction of sp³-hybridized carbons (Fsp3) is 0.458. The van der Waals surface area contributed by atoms with Crippen LogP contribution in [0.25, 0.3) is 0 Å². The number of carbonyl (C=O) groups is 1. The van der Waals surface area contributed by atoms with Crippen LogP contribution in [0.2, 0.25) is 0 Å². The van der Waals surface area contributed by atoms with Gasteiger partial charge in [-0.25, -0.2) is 8.42 Å². The summed E-state index contributed by atoms with van der Waals surface area (Å²) in [5, 5.41) is 3.22. The minimum absolute atomic E-state index is 0.0204. The zero-order chi connectivity index (χ0) is 21.7. The van der Waals surface area contributed by atoms with Gasteiger partial charge in [-0.1, -0.05) is 61.9 Å². The van der Waals surface area contributed by atoms with Crippen LogP contribution in [0.5, 0.6) is 0 Å². The van der Waals surface area contributed by atoms with Crippen molar-refractivity contribution in [2.24, 2.45) is 11.8 Å². The Balaban J connectivity index is 1.62. The lowest BCUT2D eigenvalue weighted by Gasteiger charge is -2.32. The van der Waals surface area contributed by atoms with Crippen molar-refractivity contribution in [2.75, 3.05) is 13.1 Å². The average molecular weight is 429 g/mol. The van der Waals surface area contributed by atoms with E-state index >= 15 is 0 Å². The molecule has 30 heavy (non-hydrogen) atoms. The first-order chi connectivity index (χ1) is 14.3. The van der Waals surface area contributed by atoms with Crippen molar-refractivity contribution in [3.63, 3.8) is 0 Å². The Morgan fingerprint density at radius 3 is 2.20 bits per heavy atom. The summed E-state index contributed by atoms with van der Waals surface area (Å²) in [6.07, 6.45) is 1.95. The molecule has 162 valence electrons. The minimum atomic E-state index is -3.51. The van der Waals surface area contributed by atoms with Gasteiger partial charge in [0, 0.05) is 19.0 Å². The molecule has 2 aromatic rings. The molecule has 0 saturated carbocycles. The fourth-order valence-corrected chi connectivity index (χ4v) is 5.41. The van der Waals surface area contributed by atoms with Crippen LogP contribution in [0.4, 0.5) is 0 Å². The zero-order valence-corrected chi connectivity index (χ0v) is 18.9. The van der Waals surface area contributed by atoms with Crippen molar-refractivity contribution in [2.45, 2.75) is 51.0 Å². The van der Waals surface area contributed by atoms with Crippen LogP contribution >= 0.6 is 0 Å². The molecule has 0 bridgehead atoms. The molecule has 1 heterocycles. The van der Waals surface area contributed by atoms with Crippen molar-refractivity contribution in [3.05, 3.63) is 65.7 Å². The van der Waals surface area contributed by atoms with Gasteiger partial charge in [0.25, 0.3) is 0 Å². The largest absolute Gasteiger partial charge is 0.349 e. The number of rotatable bonds is 7. The number of nitrogens with one attached hydrogen (secondary N) is 1. The van der Waals surface area contributed by atoms with Crippen molar-refractivity contribution in [1.29, 1.82) is 0 Å². The molecule has 1 amide bonds. The van der Waals surface area contributed by atoms with Gasteiger partial charge < -0.3 is 5.32 Å². The Labute approximate surface area is 180 Å². The van der Waals surface area contributed by atoms with E-state index in [0.717, 1.165) is 17.5 Å². The van der Waals surface area contributed by atoms with Crippen LogP contribution in [0.1, 0.15) is 50.3 Å². The van der Waals surface area contributed by atoms with Crippen LogP contribution in [-0.4, -0.2) is 31.7 Å². The summed E-state index contributed by atoms with van der Waals surface area (Å²) in [4.78, 5) is 13.3. The Kier molecular flexibility index (Phi) is 7.32. The van der Waals surface area contributed by atoms with E-state index in [0.29, 0.717) is 36.7 Å². The number of nitrogens with zero attached hydrogens (tertiary/aromatic N) is 1. The van der Waals surface area contributed by atoms with E-state index in [1.165, 1.54) is 4.31 Å². The minimum Gasteiger partial charge on any atom is -0.349 e. The molecule has 1 saturated heterocycles. The lowest BCUT2D eigenvalue weighted by atomic mass is 9.93. The molecule has 1 N–H and O–H groups in total. The summed E-state index contributed by atoms with van der Waals surface area (Å²) in [5.74, 6) is 0.321. The second kappa shape index (κ2) is 9.75. The fourth-order valence-electron chi connectivity index (χ4n) is 3.94. The van der Waals surface area contributed by atoms with E-state index in [2.05, 4.69) is 19.2 Å². The van der Waals surface area contributed by atoms with Gasteiger partial charge in [0.2, 0.25) is 15.9 Å². The monoisotopic (exact) mass is 428 g/mol. The maximum atomic E-state index is 12.9. The first-order valence-electron chi connectivity index (χ1n) is 10.7. The molecule has 0 spiro atoms. The van der Waals surface area contributed by atoms with Crippen LogP contribution in [0.15, 0.2) is 59.5 Å². The third-order valence-electron chi connectivity index (χ3n) is 5.71. The second-order valence-electron chi connectivity index (χ2n) is 8.59. The molecule has 3 rings (SSSR count). The molecule has 1 aliphatic rings. The van der Waals surface area contributed by atoms with Crippen LogP contribution < -0.4 is 5.32 Å². The first kappa shape index (κ1) is 22.5. The van der Waals surface area contributed by atoms with Gasteiger partial charge in [0.15, 0.2) is 0 Å². The second-order valence-corrected chi connectivity index (χ2v) is 10.5. The normalized spacial score (nSPS) is 17.1. The number of hydrogen-bond donors (Lipinski definition) is 1. The highest BCUT2D eigenvalue weighted by molar-refractivity contribution is 7.89. The summed E-state index contributed by atoms with van der Waals surface area (Å²) in [7, 11) is -3.51. The van der Waals surface area contributed by atoms with Gasteiger partial charge in [-0.2, -0.15) is 4.31 Å². The van der Waals surface area contributed by atoms with Crippen molar-refractivity contribution in [1.82, 2.24) is 9.62 Å². The smallest absolute Gasteiger partial charge is 0.243 e. The lowest BCUT2D eigenvalue weighted by molar-refractivity contribution is -0.127. The lowest BCUT2D eigenvalue weighted by Crippen LogP contribution is -2.43. The van der Waals surface area contributed by atoms with Crippen molar-refractivity contribution >= 4 is 15.9 Å². The number of hydrogen-bond acceptors (Lipinski definition) is 3. The van der Waals surface area contributed by atoms with E-state index in [1.807, 2.05) is 49.4 Å². The van der Waals surface area contributed by atoms with Gasteiger partial charge in [-0.3, -0.25) is 4.79 Å². The van der Waals surface area contributed by atoms with Gasteiger partial charge >= 0.3 is 0 Å². The Bertz CT molecular complexity index is 932. The molecular weight excluding hydrogens is 396 g/mol. The highest BCUT2D eigenvalue weighted by Gasteiger charge is 2.32. The molecule has 2 aromatic carbocycles. The quantitative estimate of drug-likeness (QED) is 0.715. The summed E-state index contributed by atoms with van der Waals surface area (Å²) in [6, 6.07) is 17.0. The highest BCUT2D eigenvalue weighted by Crippen LogP contribution is 2.26. The molecule has 0 unspecified atom stereocenters. The Hall–Kier alpha value is -2.18. The highest BCUT2D eigenvalue weighted by atomic mass is 32.2. The predicted octanol–water partition coefficient (Wildman–Crippen LogP) is 4.30. The van der Waals surface area contributed by atoms with Crippen molar-refractivity contribution in [3.8, 4) is 0 Å². The molecule has 1 aliphatic heterocycles. The van der Waals surface area contributed by atoms with Gasteiger partial charge in [0.05, 0.1) is 10.9 Å². The first-order valence-corrected chi connectivity index (χ1v) is 12.1. The van der Waals surface area contributed by atoms with Gasteiger partial charge in [-0.15, -0.1) is 0 Å². The standard InChI is InChI=1S/C24H32N2O3S/c1-18(2)17-23(20-7-5-4-6-8-20)25-24(27)21-13-15-26(16-14-21)30(28,29)22-11-9-19(3)10-12-22/h4-12,18,21,23H,13-17H2,1-3H3,(H,25,27)/t23-/m1/s1. The number of benzene rings is 2.